The molecule has 1 atom stereocenters. The van der Waals surface area contributed by atoms with Crippen LogP contribution < -0.4 is 5.32 Å². The second-order valence-electron chi connectivity index (χ2n) is 7.71. The van der Waals surface area contributed by atoms with Crippen molar-refractivity contribution in [1.82, 2.24) is 9.47 Å². The number of hydrogen-bond donors (Lipinski definition) is 1. The molecule has 160 valence electrons. The summed E-state index contributed by atoms with van der Waals surface area (Å²) < 4.78 is 21.7. The number of rotatable bonds is 7. The van der Waals surface area contributed by atoms with Crippen LogP contribution in [-0.4, -0.2) is 41.7 Å². The number of nitriles is 1. The van der Waals surface area contributed by atoms with E-state index in [2.05, 4.69) is 11.4 Å². The molecule has 0 spiro atoms. The molecule has 1 saturated heterocycles. The molecule has 0 radical (unpaired) electrons. The third-order valence-electron chi connectivity index (χ3n) is 5.51. The number of carbonyl (C=O) groups excluding carboxylic acids is 1. The number of nitrogens with one attached hydrogen (secondary N) is 1. The molecule has 1 fully saturated rings. The third kappa shape index (κ3) is 4.84. The summed E-state index contributed by atoms with van der Waals surface area (Å²) in [6.07, 6.45) is 2.04. The SMILES string of the molecule is Cc1c(C#N)c(NC(=O)CN(C)Cc2c(F)cccc2Cl)n(CC2CCCO2)c1C. The molecule has 1 aliphatic heterocycles. The standard InChI is InChI=1S/C22H26ClFN4O2/c1-14-15(2)28(11-16-6-5-9-30-16)22(17(14)10-25)26-21(29)13-27(3)12-18-19(23)7-4-8-20(18)24/h4,7-8,16H,5-6,9,11-13H2,1-3H3,(H,26,29). The van der Waals surface area contributed by atoms with Crippen LogP contribution in [0.1, 0.15) is 35.2 Å². The molecule has 8 heteroatoms. The molecule has 1 aromatic heterocycles. The third-order valence-corrected chi connectivity index (χ3v) is 5.87. The number of aromatic nitrogens is 1. The molecule has 0 saturated carbocycles. The van der Waals surface area contributed by atoms with Gasteiger partial charge in [0.05, 0.1) is 24.8 Å². The van der Waals surface area contributed by atoms with Gasteiger partial charge in [0, 0.05) is 29.4 Å². The van der Waals surface area contributed by atoms with E-state index in [9.17, 15) is 14.4 Å². The van der Waals surface area contributed by atoms with Gasteiger partial charge in [0.1, 0.15) is 17.7 Å². The number of ether oxygens (including phenoxy) is 1. The van der Waals surface area contributed by atoms with Gasteiger partial charge in [-0.05, 0) is 51.4 Å². The fourth-order valence-corrected chi connectivity index (χ4v) is 4.00. The van der Waals surface area contributed by atoms with Gasteiger partial charge in [0.25, 0.3) is 0 Å². The van der Waals surface area contributed by atoms with E-state index in [1.807, 2.05) is 18.4 Å². The predicted molar refractivity (Wildman–Crippen MR) is 114 cm³/mol. The van der Waals surface area contributed by atoms with Crippen molar-refractivity contribution in [2.75, 3.05) is 25.5 Å². The zero-order valence-electron chi connectivity index (χ0n) is 17.5. The van der Waals surface area contributed by atoms with Crippen molar-refractivity contribution < 1.29 is 13.9 Å². The van der Waals surface area contributed by atoms with Gasteiger partial charge in [0.15, 0.2) is 0 Å². The Labute approximate surface area is 181 Å². The van der Waals surface area contributed by atoms with Crippen molar-refractivity contribution in [2.24, 2.45) is 0 Å². The first-order chi connectivity index (χ1) is 14.3. The first kappa shape index (κ1) is 22.3. The number of likely N-dealkylation sites (N-methyl/N-ethyl adjacent to an activating group) is 1. The first-order valence-corrected chi connectivity index (χ1v) is 10.3. The van der Waals surface area contributed by atoms with Crippen molar-refractivity contribution in [3.63, 3.8) is 0 Å². The van der Waals surface area contributed by atoms with Gasteiger partial charge >= 0.3 is 0 Å². The first-order valence-electron chi connectivity index (χ1n) is 9.94. The molecule has 1 aliphatic rings. The van der Waals surface area contributed by atoms with Gasteiger partial charge in [0.2, 0.25) is 5.91 Å². The average molecular weight is 433 g/mol. The maximum atomic E-state index is 14.0. The van der Waals surface area contributed by atoms with E-state index in [4.69, 9.17) is 16.3 Å². The smallest absolute Gasteiger partial charge is 0.239 e. The summed E-state index contributed by atoms with van der Waals surface area (Å²) in [5.41, 5.74) is 2.58. The monoisotopic (exact) mass is 432 g/mol. The summed E-state index contributed by atoms with van der Waals surface area (Å²) in [7, 11) is 1.72. The van der Waals surface area contributed by atoms with E-state index in [0.29, 0.717) is 28.5 Å². The molecule has 2 heterocycles. The number of anilines is 1. The van der Waals surface area contributed by atoms with Gasteiger partial charge in [-0.2, -0.15) is 5.26 Å². The predicted octanol–water partition coefficient (Wildman–Crippen LogP) is 4.02. The largest absolute Gasteiger partial charge is 0.376 e. The Bertz CT molecular complexity index is 956. The van der Waals surface area contributed by atoms with E-state index in [1.54, 1.807) is 24.1 Å². The Hall–Kier alpha value is -2.40. The molecule has 1 N–H and O–H groups in total. The van der Waals surface area contributed by atoms with Crippen LogP contribution in [0.25, 0.3) is 0 Å². The Morgan fingerprint density at radius 3 is 2.87 bits per heavy atom. The fourth-order valence-electron chi connectivity index (χ4n) is 3.78. The molecular weight excluding hydrogens is 407 g/mol. The maximum absolute atomic E-state index is 14.0. The van der Waals surface area contributed by atoms with Gasteiger partial charge in [-0.25, -0.2) is 4.39 Å². The lowest BCUT2D eigenvalue weighted by molar-refractivity contribution is -0.117. The second-order valence-corrected chi connectivity index (χ2v) is 8.12. The molecule has 2 aromatic rings. The van der Waals surface area contributed by atoms with Crippen LogP contribution in [0.15, 0.2) is 18.2 Å². The number of nitrogens with zero attached hydrogens (tertiary/aromatic N) is 3. The summed E-state index contributed by atoms with van der Waals surface area (Å²) in [5.74, 6) is -0.198. The summed E-state index contributed by atoms with van der Waals surface area (Å²) in [5, 5.41) is 12.8. The van der Waals surface area contributed by atoms with E-state index in [-0.39, 0.29) is 25.1 Å². The van der Waals surface area contributed by atoms with Crippen molar-refractivity contribution >= 4 is 23.3 Å². The van der Waals surface area contributed by atoms with E-state index >= 15 is 0 Å². The molecule has 3 rings (SSSR count). The minimum absolute atomic E-state index is 0.0265. The van der Waals surface area contributed by atoms with E-state index < -0.39 is 5.82 Å². The van der Waals surface area contributed by atoms with Crippen molar-refractivity contribution in [3.8, 4) is 6.07 Å². The highest BCUT2D eigenvalue weighted by molar-refractivity contribution is 6.31. The Kier molecular flexibility index (Phi) is 7.14. The van der Waals surface area contributed by atoms with Crippen molar-refractivity contribution in [1.29, 1.82) is 5.26 Å². The van der Waals surface area contributed by atoms with Crippen LogP contribution in [0.3, 0.4) is 0 Å². The lowest BCUT2D eigenvalue weighted by Crippen LogP contribution is -2.31. The van der Waals surface area contributed by atoms with Crippen LogP contribution in [0.4, 0.5) is 10.2 Å². The van der Waals surface area contributed by atoms with Gasteiger partial charge < -0.3 is 14.6 Å². The minimum atomic E-state index is -0.404. The van der Waals surface area contributed by atoms with Crippen LogP contribution in [-0.2, 0) is 22.6 Å². The zero-order valence-corrected chi connectivity index (χ0v) is 18.2. The molecule has 30 heavy (non-hydrogen) atoms. The van der Waals surface area contributed by atoms with Crippen molar-refractivity contribution in [3.05, 3.63) is 51.4 Å². The molecule has 1 amide bonds. The highest BCUT2D eigenvalue weighted by Gasteiger charge is 2.24. The van der Waals surface area contributed by atoms with Gasteiger partial charge in [-0.15, -0.1) is 0 Å². The average Bonchev–Trinajstić information content (AvgIpc) is 3.28. The Morgan fingerprint density at radius 2 is 2.23 bits per heavy atom. The van der Waals surface area contributed by atoms with Gasteiger partial charge in [-0.3, -0.25) is 9.69 Å². The Balaban J connectivity index is 1.74. The molecule has 0 bridgehead atoms. The van der Waals surface area contributed by atoms with Crippen molar-refractivity contribution in [2.45, 2.75) is 45.9 Å². The van der Waals surface area contributed by atoms with Crippen LogP contribution in [0, 0.1) is 31.0 Å². The number of carbonyl (C=O) groups is 1. The maximum Gasteiger partial charge on any atom is 0.239 e. The topological polar surface area (TPSA) is 70.3 Å². The number of hydrogen-bond acceptors (Lipinski definition) is 4. The molecule has 1 aromatic carbocycles. The zero-order chi connectivity index (χ0) is 21.8. The summed E-state index contributed by atoms with van der Waals surface area (Å²) in [6.45, 7) is 5.36. The van der Waals surface area contributed by atoms with Crippen LogP contribution >= 0.6 is 11.6 Å². The second kappa shape index (κ2) is 9.61. The highest BCUT2D eigenvalue weighted by Crippen LogP contribution is 2.28. The molecular formula is C22H26ClFN4O2. The summed E-state index contributed by atoms with van der Waals surface area (Å²) in [4.78, 5) is 14.4. The number of amides is 1. The highest BCUT2D eigenvalue weighted by atomic mass is 35.5. The molecule has 1 unspecified atom stereocenters. The fraction of sp³-hybridized carbons (Fsp3) is 0.455. The van der Waals surface area contributed by atoms with Gasteiger partial charge in [-0.1, -0.05) is 17.7 Å². The number of halogens is 2. The lowest BCUT2D eigenvalue weighted by Gasteiger charge is -2.19. The quantitative estimate of drug-likeness (QED) is 0.717. The minimum Gasteiger partial charge on any atom is -0.376 e. The normalized spacial score (nSPS) is 16.1. The van der Waals surface area contributed by atoms with E-state index in [1.165, 1.54) is 6.07 Å². The Morgan fingerprint density at radius 1 is 1.47 bits per heavy atom. The summed E-state index contributed by atoms with van der Waals surface area (Å²) in [6, 6.07) is 6.72. The lowest BCUT2D eigenvalue weighted by atomic mass is 10.2. The number of benzene rings is 1. The molecule has 0 aliphatic carbocycles. The summed E-state index contributed by atoms with van der Waals surface area (Å²) >= 11 is 6.08. The van der Waals surface area contributed by atoms with E-state index in [0.717, 1.165) is 30.7 Å². The van der Waals surface area contributed by atoms with Crippen LogP contribution in [0.2, 0.25) is 5.02 Å². The molecule has 6 nitrogen and oxygen atoms in total. The van der Waals surface area contributed by atoms with Crippen LogP contribution in [0.5, 0.6) is 0 Å².